The SMILES string of the molecule is N=C(N)c1cccnc1Sc1ccc([N+](=O)[O-])cc1. The number of hydrogen-bond acceptors (Lipinski definition) is 5. The van der Waals surface area contributed by atoms with Crippen LogP contribution in [0.2, 0.25) is 0 Å². The molecule has 0 saturated heterocycles. The lowest BCUT2D eigenvalue weighted by Gasteiger charge is -2.05. The predicted molar refractivity (Wildman–Crippen MR) is 72.5 cm³/mol. The maximum Gasteiger partial charge on any atom is 0.269 e. The molecule has 96 valence electrons. The Morgan fingerprint density at radius 2 is 2.00 bits per heavy atom. The second-order valence-electron chi connectivity index (χ2n) is 3.62. The maximum absolute atomic E-state index is 10.6. The zero-order chi connectivity index (χ0) is 13.8. The number of nitrogens with zero attached hydrogens (tertiary/aromatic N) is 2. The molecule has 1 aromatic heterocycles. The van der Waals surface area contributed by atoms with E-state index in [-0.39, 0.29) is 11.5 Å². The molecule has 3 N–H and O–H groups in total. The molecule has 19 heavy (non-hydrogen) atoms. The summed E-state index contributed by atoms with van der Waals surface area (Å²) >= 11 is 1.31. The lowest BCUT2D eigenvalue weighted by Crippen LogP contribution is -2.12. The Balaban J connectivity index is 2.26. The van der Waals surface area contributed by atoms with E-state index in [4.69, 9.17) is 11.1 Å². The number of rotatable bonds is 4. The smallest absolute Gasteiger partial charge is 0.269 e. The second kappa shape index (κ2) is 5.49. The average molecular weight is 274 g/mol. The molecular weight excluding hydrogens is 264 g/mol. The van der Waals surface area contributed by atoms with E-state index in [2.05, 4.69) is 4.98 Å². The number of pyridine rings is 1. The number of nitro benzene ring substituents is 1. The van der Waals surface area contributed by atoms with Crippen molar-refractivity contribution in [3.05, 3.63) is 58.3 Å². The van der Waals surface area contributed by atoms with E-state index in [9.17, 15) is 10.1 Å². The molecule has 6 nitrogen and oxygen atoms in total. The highest BCUT2D eigenvalue weighted by atomic mass is 32.2. The van der Waals surface area contributed by atoms with Gasteiger partial charge in [-0.2, -0.15) is 0 Å². The summed E-state index contributed by atoms with van der Waals surface area (Å²) < 4.78 is 0. The van der Waals surface area contributed by atoms with E-state index in [1.54, 1.807) is 30.5 Å². The van der Waals surface area contributed by atoms with Crippen molar-refractivity contribution in [2.24, 2.45) is 5.73 Å². The topological polar surface area (TPSA) is 106 Å². The summed E-state index contributed by atoms with van der Waals surface area (Å²) in [7, 11) is 0. The van der Waals surface area contributed by atoms with Crippen LogP contribution in [0.3, 0.4) is 0 Å². The Hall–Kier alpha value is -2.41. The molecule has 0 amide bonds. The molecule has 1 heterocycles. The van der Waals surface area contributed by atoms with Gasteiger partial charge in [-0.1, -0.05) is 11.8 Å². The van der Waals surface area contributed by atoms with Crippen LogP contribution in [0.5, 0.6) is 0 Å². The van der Waals surface area contributed by atoms with Crippen molar-refractivity contribution >= 4 is 23.3 Å². The monoisotopic (exact) mass is 274 g/mol. The Labute approximate surface area is 113 Å². The third-order valence-corrected chi connectivity index (χ3v) is 3.35. The van der Waals surface area contributed by atoms with Crippen LogP contribution >= 0.6 is 11.8 Å². The summed E-state index contributed by atoms with van der Waals surface area (Å²) in [6.45, 7) is 0. The molecule has 0 unspecified atom stereocenters. The fraction of sp³-hybridized carbons (Fsp3) is 0. The van der Waals surface area contributed by atoms with Crippen molar-refractivity contribution < 1.29 is 4.92 Å². The predicted octanol–water partition coefficient (Wildman–Crippen LogP) is 2.43. The Kier molecular flexibility index (Phi) is 3.76. The van der Waals surface area contributed by atoms with Crippen LogP contribution in [0.15, 0.2) is 52.5 Å². The zero-order valence-corrected chi connectivity index (χ0v) is 10.6. The molecule has 7 heteroatoms. The minimum absolute atomic E-state index is 0.0390. The molecule has 1 aromatic carbocycles. The first-order valence-corrected chi connectivity index (χ1v) is 6.11. The molecule has 0 spiro atoms. The zero-order valence-electron chi connectivity index (χ0n) is 9.74. The van der Waals surface area contributed by atoms with Gasteiger partial charge in [0.05, 0.1) is 4.92 Å². The van der Waals surface area contributed by atoms with E-state index in [0.717, 1.165) is 4.90 Å². The van der Waals surface area contributed by atoms with Crippen molar-refractivity contribution in [3.8, 4) is 0 Å². The summed E-state index contributed by atoms with van der Waals surface area (Å²) in [5, 5.41) is 18.6. The van der Waals surface area contributed by atoms with Gasteiger partial charge in [0.25, 0.3) is 5.69 Å². The number of hydrogen-bond donors (Lipinski definition) is 2. The fourth-order valence-electron chi connectivity index (χ4n) is 1.42. The molecule has 2 rings (SSSR count). The first-order valence-electron chi connectivity index (χ1n) is 5.29. The molecule has 0 bridgehead atoms. The van der Waals surface area contributed by atoms with Gasteiger partial charge in [-0.25, -0.2) is 4.98 Å². The van der Waals surface area contributed by atoms with E-state index >= 15 is 0 Å². The number of nitrogen functional groups attached to an aromatic ring is 1. The normalized spacial score (nSPS) is 10.1. The molecule has 0 aliphatic carbocycles. The van der Waals surface area contributed by atoms with Gasteiger partial charge in [0.2, 0.25) is 0 Å². The lowest BCUT2D eigenvalue weighted by molar-refractivity contribution is -0.384. The van der Waals surface area contributed by atoms with E-state index < -0.39 is 4.92 Å². The number of non-ortho nitro benzene ring substituents is 1. The van der Waals surface area contributed by atoms with Gasteiger partial charge < -0.3 is 5.73 Å². The number of nitrogens with two attached hydrogens (primary N) is 1. The fourth-order valence-corrected chi connectivity index (χ4v) is 2.32. The van der Waals surface area contributed by atoms with Gasteiger partial charge in [-0.3, -0.25) is 15.5 Å². The highest BCUT2D eigenvalue weighted by molar-refractivity contribution is 7.99. The van der Waals surface area contributed by atoms with Gasteiger partial charge in [0.1, 0.15) is 10.9 Å². The Morgan fingerprint density at radius 3 is 2.58 bits per heavy atom. The van der Waals surface area contributed by atoms with Gasteiger partial charge in [0.15, 0.2) is 0 Å². The lowest BCUT2D eigenvalue weighted by atomic mass is 10.3. The summed E-state index contributed by atoms with van der Waals surface area (Å²) in [6, 6.07) is 9.56. The molecular formula is C12H10N4O2S. The van der Waals surface area contributed by atoms with Crippen LogP contribution in [0.25, 0.3) is 0 Å². The van der Waals surface area contributed by atoms with E-state index in [1.807, 2.05) is 0 Å². The van der Waals surface area contributed by atoms with Gasteiger partial charge >= 0.3 is 0 Å². The highest BCUT2D eigenvalue weighted by Crippen LogP contribution is 2.29. The minimum Gasteiger partial charge on any atom is -0.384 e. The first-order chi connectivity index (χ1) is 9.08. The molecule has 0 fully saturated rings. The maximum atomic E-state index is 10.6. The van der Waals surface area contributed by atoms with Crippen LogP contribution < -0.4 is 5.73 Å². The van der Waals surface area contributed by atoms with Crippen LogP contribution in [0.1, 0.15) is 5.56 Å². The molecule has 0 atom stereocenters. The third-order valence-electron chi connectivity index (χ3n) is 2.32. The highest BCUT2D eigenvalue weighted by Gasteiger charge is 2.09. The van der Waals surface area contributed by atoms with Gasteiger partial charge in [-0.15, -0.1) is 0 Å². The van der Waals surface area contributed by atoms with Crippen LogP contribution in [0.4, 0.5) is 5.69 Å². The Bertz CT molecular complexity index is 628. The van der Waals surface area contributed by atoms with Crippen LogP contribution in [0, 0.1) is 15.5 Å². The number of benzene rings is 1. The molecule has 2 aromatic rings. The second-order valence-corrected chi connectivity index (χ2v) is 4.69. The quantitative estimate of drug-likeness (QED) is 0.385. The molecule has 0 aliphatic rings. The number of aromatic nitrogens is 1. The van der Waals surface area contributed by atoms with Crippen molar-refractivity contribution in [2.45, 2.75) is 9.92 Å². The Morgan fingerprint density at radius 1 is 1.32 bits per heavy atom. The minimum atomic E-state index is -0.448. The summed E-state index contributed by atoms with van der Waals surface area (Å²) in [5.74, 6) is -0.0579. The van der Waals surface area contributed by atoms with E-state index in [0.29, 0.717) is 10.6 Å². The number of nitro groups is 1. The van der Waals surface area contributed by atoms with Crippen molar-refractivity contribution in [3.63, 3.8) is 0 Å². The van der Waals surface area contributed by atoms with E-state index in [1.165, 1.54) is 23.9 Å². The summed E-state index contributed by atoms with van der Waals surface area (Å²) in [5.41, 5.74) is 6.06. The van der Waals surface area contributed by atoms with Crippen LogP contribution in [-0.4, -0.2) is 15.7 Å². The molecule has 0 aliphatic heterocycles. The standard InChI is InChI=1S/C12H10N4O2S/c13-11(14)10-2-1-7-15-12(10)19-9-5-3-8(4-6-9)16(17)18/h1-7H,(H3,13,14). The summed E-state index contributed by atoms with van der Waals surface area (Å²) in [6.07, 6.45) is 1.61. The molecule has 0 saturated carbocycles. The number of amidine groups is 1. The van der Waals surface area contributed by atoms with Gasteiger partial charge in [0, 0.05) is 28.8 Å². The van der Waals surface area contributed by atoms with Gasteiger partial charge in [-0.05, 0) is 24.3 Å². The third kappa shape index (κ3) is 3.08. The first kappa shape index (κ1) is 13.0. The summed E-state index contributed by atoms with van der Waals surface area (Å²) in [4.78, 5) is 15.1. The van der Waals surface area contributed by atoms with Crippen molar-refractivity contribution in [1.29, 1.82) is 5.41 Å². The molecule has 0 radical (unpaired) electrons. The van der Waals surface area contributed by atoms with Crippen molar-refractivity contribution in [2.75, 3.05) is 0 Å². The number of nitrogens with one attached hydrogen (secondary N) is 1. The average Bonchev–Trinajstić information content (AvgIpc) is 2.39. The van der Waals surface area contributed by atoms with Crippen LogP contribution in [-0.2, 0) is 0 Å². The van der Waals surface area contributed by atoms with Crippen molar-refractivity contribution in [1.82, 2.24) is 4.98 Å². The largest absolute Gasteiger partial charge is 0.384 e.